The number of nitrogens with zero attached hydrogens (tertiary/aromatic N) is 2. The molecule has 10 nitrogen and oxygen atoms in total. The Hall–Kier alpha value is -4.02. The van der Waals surface area contributed by atoms with E-state index < -0.39 is 17.0 Å². The predicted octanol–water partition coefficient (Wildman–Crippen LogP) is 3.92. The van der Waals surface area contributed by atoms with Crippen molar-refractivity contribution in [2.75, 3.05) is 19.6 Å². The van der Waals surface area contributed by atoms with Crippen molar-refractivity contribution in [3.63, 3.8) is 0 Å². The lowest BCUT2D eigenvalue weighted by Gasteiger charge is -2.41. The summed E-state index contributed by atoms with van der Waals surface area (Å²) in [5.41, 5.74) is 3.50. The quantitative estimate of drug-likeness (QED) is 0.203. The first-order valence-electron chi connectivity index (χ1n) is 13.7. The Bertz CT molecular complexity index is 1390. The molecule has 0 aliphatic carbocycles. The van der Waals surface area contributed by atoms with Gasteiger partial charge in [-0.3, -0.25) is 29.5 Å². The van der Waals surface area contributed by atoms with E-state index in [1.165, 1.54) is 0 Å². The first-order valence-corrected chi connectivity index (χ1v) is 13.7. The Morgan fingerprint density at radius 1 is 1.05 bits per heavy atom. The van der Waals surface area contributed by atoms with Crippen molar-refractivity contribution in [1.29, 1.82) is 0 Å². The van der Waals surface area contributed by atoms with Gasteiger partial charge in [-0.05, 0) is 76.9 Å². The van der Waals surface area contributed by atoms with E-state index in [1.54, 1.807) is 29.7 Å². The molecule has 41 heavy (non-hydrogen) atoms. The maximum atomic E-state index is 13.2. The number of amides is 2. The van der Waals surface area contributed by atoms with Gasteiger partial charge >= 0.3 is 5.97 Å². The third kappa shape index (κ3) is 8.25. The molecule has 1 saturated heterocycles. The zero-order valence-corrected chi connectivity index (χ0v) is 24.0. The monoisotopic (exact) mass is 562 g/mol. The highest BCUT2D eigenvalue weighted by Crippen LogP contribution is 2.27. The Morgan fingerprint density at radius 3 is 2.39 bits per heavy atom. The summed E-state index contributed by atoms with van der Waals surface area (Å²) in [4.78, 5) is 44.1. The number of fused-ring (bicyclic) bond motifs is 1. The summed E-state index contributed by atoms with van der Waals surface area (Å²) in [6, 6.07) is 16.8. The van der Waals surface area contributed by atoms with E-state index in [1.807, 2.05) is 62.9 Å². The van der Waals surface area contributed by atoms with Gasteiger partial charge in [0.25, 0.3) is 5.91 Å². The molecule has 2 amide bonds. The van der Waals surface area contributed by atoms with Crippen molar-refractivity contribution in [2.45, 2.75) is 64.7 Å². The minimum absolute atomic E-state index is 0.0873. The highest BCUT2D eigenvalue weighted by Gasteiger charge is 2.38. The maximum Gasteiger partial charge on any atom is 0.320 e. The van der Waals surface area contributed by atoms with Gasteiger partial charge < -0.3 is 14.8 Å². The summed E-state index contributed by atoms with van der Waals surface area (Å²) in [6.07, 6.45) is 0.765. The van der Waals surface area contributed by atoms with Gasteiger partial charge in [0.2, 0.25) is 5.91 Å². The Kier molecular flexibility index (Phi) is 9.25. The molecule has 0 atom stereocenters. The van der Waals surface area contributed by atoms with Crippen LogP contribution in [0.15, 0.2) is 54.6 Å². The van der Waals surface area contributed by atoms with Crippen LogP contribution in [0.1, 0.15) is 61.6 Å². The van der Waals surface area contributed by atoms with Gasteiger partial charge in [-0.1, -0.05) is 18.2 Å². The molecule has 1 aliphatic rings. The van der Waals surface area contributed by atoms with E-state index in [0.717, 1.165) is 22.2 Å². The molecule has 2 aromatic carbocycles. The topological polar surface area (TPSA) is 130 Å². The van der Waals surface area contributed by atoms with E-state index >= 15 is 0 Å². The predicted molar refractivity (Wildman–Crippen MR) is 154 cm³/mol. The minimum atomic E-state index is -0.871. The van der Waals surface area contributed by atoms with Gasteiger partial charge in [0.1, 0.15) is 18.0 Å². The van der Waals surface area contributed by atoms with Crippen LogP contribution < -0.4 is 15.5 Å². The summed E-state index contributed by atoms with van der Waals surface area (Å²) in [5, 5.41) is 13.2. The molecular weight excluding hydrogens is 524 g/mol. The van der Waals surface area contributed by atoms with Gasteiger partial charge in [0.15, 0.2) is 0 Å². The zero-order chi connectivity index (χ0) is 29.6. The summed E-state index contributed by atoms with van der Waals surface area (Å²) >= 11 is 0. The molecule has 2 heterocycles. The number of ether oxygens (including phenoxy) is 2. The van der Waals surface area contributed by atoms with Crippen LogP contribution in [0.2, 0.25) is 0 Å². The smallest absolute Gasteiger partial charge is 0.320 e. The number of aromatic nitrogens is 1. The van der Waals surface area contributed by atoms with Crippen LogP contribution in [0.25, 0.3) is 10.9 Å². The number of hydrogen-bond acceptors (Lipinski definition) is 8. The third-order valence-electron chi connectivity index (χ3n) is 7.03. The molecule has 218 valence electrons. The highest BCUT2D eigenvalue weighted by molar-refractivity contribution is 5.95. The fraction of sp³-hybridized carbons (Fsp3) is 0.419. The molecule has 0 radical (unpaired) electrons. The molecule has 1 aliphatic heterocycles. The number of benzene rings is 2. The second-order valence-corrected chi connectivity index (χ2v) is 11.6. The van der Waals surface area contributed by atoms with Crippen molar-refractivity contribution in [3.8, 4) is 5.75 Å². The number of esters is 1. The summed E-state index contributed by atoms with van der Waals surface area (Å²) in [5.74, 6) is -0.631. The number of rotatable bonds is 9. The van der Waals surface area contributed by atoms with Gasteiger partial charge in [0, 0.05) is 35.3 Å². The first-order chi connectivity index (χ1) is 19.4. The molecular formula is C31H38N4O6. The Labute approximate surface area is 240 Å². The molecule has 4 rings (SSSR count). The van der Waals surface area contributed by atoms with E-state index in [-0.39, 0.29) is 24.8 Å². The van der Waals surface area contributed by atoms with E-state index in [4.69, 9.17) is 14.7 Å². The van der Waals surface area contributed by atoms with E-state index in [0.29, 0.717) is 43.9 Å². The lowest BCUT2D eigenvalue weighted by Crippen LogP contribution is -2.57. The standard InChI is InChI=1S/C31H38N4O6/c1-21-17-23(25-7-5-6-8-26(25)32-21)20-40-24-11-9-22(10-12-24)29(38)33-31(18-27(36)34-39)13-15-35(16-14-31)19-28(37)41-30(2,3)4/h5-12,17,39H,13-16,18-20H2,1-4H3,(H,33,38)(H,34,36). The van der Waals surface area contributed by atoms with E-state index in [9.17, 15) is 14.4 Å². The van der Waals surface area contributed by atoms with Crippen LogP contribution in [-0.2, 0) is 20.9 Å². The molecule has 0 unspecified atom stereocenters. The number of hydroxylamine groups is 1. The number of para-hydroxylation sites is 1. The molecule has 1 aromatic heterocycles. The van der Waals surface area contributed by atoms with Crippen LogP contribution in [0.4, 0.5) is 0 Å². The van der Waals surface area contributed by atoms with Crippen molar-refractivity contribution in [2.24, 2.45) is 0 Å². The number of piperidine rings is 1. The highest BCUT2D eigenvalue weighted by atomic mass is 16.6. The fourth-order valence-corrected chi connectivity index (χ4v) is 5.08. The number of hydrogen-bond donors (Lipinski definition) is 3. The molecule has 3 aromatic rings. The maximum absolute atomic E-state index is 13.2. The number of carbonyl (C=O) groups excluding carboxylic acids is 3. The molecule has 0 bridgehead atoms. The number of pyridine rings is 1. The Morgan fingerprint density at radius 2 is 1.73 bits per heavy atom. The van der Waals surface area contributed by atoms with Crippen molar-refractivity contribution >= 4 is 28.7 Å². The third-order valence-corrected chi connectivity index (χ3v) is 7.03. The molecule has 0 spiro atoms. The van der Waals surface area contributed by atoms with Crippen molar-refractivity contribution < 1.29 is 29.1 Å². The van der Waals surface area contributed by atoms with Gasteiger partial charge in [-0.2, -0.15) is 0 Å². The van der Waals surface area contributed by atoms with Gasteiger partial charge in [-0.25, -0.2) is 5.48 Å². The van der Waals surface area contributed by atoms with Crippen molar-refractivity contribution in [3.05, 3.63) is 71.4 Å². The SMILES string of the molecule is Cc1cc(COc2ccc(C(=O)NC3(CC(=O)NO)CCN(CC(=O)OC(C)(C)C)CC3)cc2)c2ccccc2n1. The first kappa shape index (κ1) is 30.0. The second kappa shape index (κ2) is 12.7. The molecule has 3 N–H and O–H groups in total. The van der Waals surface area contributed by atoms with Crippen LogP contribution >= 0.6 is 0 Å². The lowest BCUT2D eigenvalue weighted by molar-refractivity contribution is -0.156. The minimum Gasteiger partial charge on any atom is -0.489 e. The normalized spacial score (nSPS) is 15.2. The summed E-state index contributed by atoms with van der Waals surface area (Å²) in [6.45, 7) is 8.85. The molecule has 0 saturated carbocycles. The van der Waals surface area contributed by atoms with Crippen LogP contribution in [0, 0.1) is 6.92 Å². The summed E-state index contributed by atoms with van der Waals surface area (Å²) in [7, 11) is 0. The van der Waals surface area contributed by atoms with Crippen LogP contribution in [0.5, 0.6) is 5.75 Å². The number of nitrogens with one attached hydrogen (secondary N) is 2. The van der Waals surface area contributed by atoms with Crippen molar-refractivity contribution in [1.82, 2.24) is 20.7 Å². The average Bonchev–Trinajstić information content (AvgIpc) is 2.92. The van der Waals surface area contributed by atoms with Gasteiger partial charge in [-0.15, -0.1) is 0 Å². The number of likely N-dealkylation sites (tertiary alicyclic amines) is 1. The second-order valence-electron chi connectivity index (χ2n) is 11.6. The molecule has 1 fully saturated rings. The largest absolute Gasteiger partial charge is 0.489 e. The number of carbonyl (C=O) groups is 3. The van der Waals surface area contributed by atoms with E-state index in [2.05, 4.69) is 10.3 Å². The Balaban J connectivity index is 1.38. The molecule has 10 heteroatoms. The van der Waals surface area contributed by atoms with Crippen LogP contribution in [0.3, 0.4) is 0 Å². The average molecular weight is 563 g/mol. The lowest BCUT2D eigenvalue weighted by atomic mass is 9.83. The van der Waals surface area contributed by atoms with Gasteiger partial charge in [0.05, 0.1) is 24.0 Å². The fourth-order valence-electron chi connectivity index (χ4n) is 5.08. The number of aryl methyl sites for hydroxylation is 1. The zero-order valence-electron chi connectivity index (χ0n) is 24.0. The van der Waals surface area contributed by atoms with Crippen LogP contribution in [-0.4, -0.2) is 63.6 Å². The summed E-state index contributed by atoms with van der Waals surface area (Å²) < 4.78 is 11.4.